The molecule has 0 spiro atoms. The lowest BCUT2D eigenvalue weighted by Gasteiger charge is -2.28. The summed E-state index contributed by atoms with van der Waals surface area (Å²) in [6, 6.07) is 12.6. The first-order chi connectivity index (χ1) is 9.58. The summed E-state index contributed by atoms with van der Waals surface area (Å²) in [5, 5.41) is 1.61. The Balaban J connectivity index is 1.83. The molecule has 0 aliphatic heterocycles. The summed E-state index contributed by atoms with van der Waals surface area (Å²) in [6.45, 7) is 7.40. The average molecular weight is 283 g/mol. The van der Waals surface area contributed by atoms with Crippen molar-refractivity contribution in [2.75, 3.05) is 0 Å². The van der Waals surface area contributed by atoms with E-state index < -0.39 is 8.07 Å². The third-order valence-electron chi connectivity index (χ3n) is 5.17. The van der Waals surface area contributed by atoms with E-state index in [-0.39, 0.29) is 0 Å². The number of benzene rings is 1. The molecule has 2 aliphatic carbocycles. The third kappa shape index (κ3) is 2.56. The highest BCUT2D eigenvalue weighted by molar-refractivity contribution is 6.89. The van der Waals surface area contributed by atoms with Crippen LogP contribution in [0.25, 0.3) is 0 Å². The van der Waals surface area contributed by atoms with E-state index in [2.05, 4.69) is 56.4 Å². The van der Waals surface area contributed by atoms with E-state index in [1.165, 1.54) is 31.7 Å². The molecule has 2 aliphatic rings. The Morgan fingerprint density at radius 1 is 1.05 bits per heavy atom. The van der Waals surface area contributed by atoms with Gasteiger partial charge in [-0.15, -0.1) is 0 Å². The van der Waals surface area contributed by atoms with Crippen molar-refractivity contribution in [2.24, 2.45) is 5.92 Å². The number of hydrogen-bond donors (Lipinski definition) is 0. The van der Waals surface area contributed by atoms with Gasteiger partial charge in [0.1, 0.15) is 0 Å². The Bertz CT molecular complexity index is 548. The molecule has 0 heterocycles. The molecule has 0 nitrogen and oxygen atoms in total. The van der Waals surface area contributed by atoms with Crippen molar-refractivity contribution >= 4 is 13.3 Å². The molecule has 0 aromatic heterocycles. The molecule has 1 unspecified atom stereocenters. The van der Waals surface area contributed by atoms with E-state index in [9.17, 15) is 0 Å². The van der Waals surface area contributed by atoms with E-state index in [0.717, 1.165) is 5.92 Å². The summed E-state index contributed by atoms with van der Waals surface area (Å²) >= 11 is 0. The molecule has 0 radical (unpaired) electrons. The molecule has 1 aromatic rings. The number of allylic oxidation sites excluding steroid dienone is 4. The van der Waals surface area contributed by atoms with Crippen LogP contribution in [0.4, 0.5) is 0 Å². The summed E-state index contributed by atoms with van der Waals surface area (Å²) in [4.78, 5) is 0. The first-order valence-corrected chi connectivity index (χ1v) is 11.2. The summed E-state index contributed by atoms with van der Waals surface area (Å²) < 4.78 is 0. The topological polar surface area (TPSA) is 0 Å². The quantitative estimate of drug-likeness (QED) is 0.681. The van der Waals surface area contributed by atoms with Gasteiger partial charge in [-0.1, -0.05) is 65.8 Å². The lowest BCUT2D eigenvalue weighted by Crippen LogP contribution is -2.42. The zero-order valence-corrected chi connectivity index (χ0v) is 14.1. The zero-order valence-electron chi connectivity index (χ0n) is 13.1. The molecule has 1 aromatic carbocycles. The first-order valence-electron chi connectivity index (χ1n) is 8.04. The molecule has 0 fully saturated rings. The van der Waals surface area contributed by atoms with Gasteiger partial charge in [-0.3, -0.25) is 0 Å². The van der Waals surface area contributed by atoms with Crippen molar-refractivity contribution in [1.29, 1.82) is 0 Å². The van der Waals surface area contributed by atoms with Crippen LogP contribution in [0.2, 0.25) is 19.1 Å². The van der Waals surface area contributed by atoms with Gasteiger partial charge in [0, 0.05) is 0 Å². The van der Waals surface area contributed by atoms with Crippen LogP contribution in [-0.4, -0.2) is 8.07 Å². The molecular weight excluding hydrogens is 256 g/mol. The standard InChI is InChI=1S/C19H26Si/c1-15-13-16(19-12-8-7-11-18(15)19)14-20(2,3)17-9-5-4-6-10-17/h4-6,9-10,13,16H,7-8,11-12,14H2,1-3H3. The van der Waals surface area contributed by atoms with Gasteiger partial charge < -0.3 is 0 Å². The molecule has 20 heavy (non-hydrogen) atoms. The molecule has 3 rings (SSSR count). The SMILES string of the molecule is CC1=CC(C[Si](C)(C)c2ccccc2)C2=C1CCCC2. The molecule has 1 atom stereocenters. The van der Waals surface area contributed by atoms with Crippen LogP contribution in [0.5, 0.6) is 0 Å². The van der Waals surface area contributed by atoms with Crippen molar-refractivity contribution in [2.45, 2.75) is 51.7 Å². The Labute approximate surface area is 124 Å². The largest absolute Gasteiger partial charge is 0.0815 e. The van der Waals surface area contributed by atoms with E-state index in [4.69, 9.17) is 0 Å². The maximum absolute atomic E-state index is 2.58. The number of hydrogen-bond acceptors (Lipinski definition) is 0. The molecular formula is C19H26Si. The van der Waals surface area contributed by atoms with Gasteiger partial charge in [0.05, 0.1) is 8.07 Å². The van der Waals surface area contributed by atoms with Crippen molar-refractivity contribution in [3.63, 3.8) is 0 Å². The Morgan fingerprint density at radius 3 is 2.50 bits per heavy atom. The normalized spacial score (nSPS) is 22.8. The predicted molar refractivity (Wildman–Crippen MR) is 91.1 cm³/mol. The molecule has 0 saturated heterocycles. The first kappa shape index (κ1) is 13.9. The lowest BCUT2D eigenvalue weighted by atomic mass is 9.88. The second-order valence-electron chi connectivity index (χ2n) is 7.12. The van der Waals surface area contributed by atoms with Gasteiger partial charge in [0.15, 0.2) is 0 Å². The lowest BCUT2D eigenvalue weighted by molar-refractivity contribution is 0.641. The maximum Gasteiger partial charge on any atom is 0.0815 e. The van der Waals surface area contributed by atoms with Crippen LogP contribution < -0.4 is 5.19 Å². The second-order valence-corrected chi connectivity index (χ2v) is 11.9. The van der Waals surface area contributed by atoms with Gasteiger partial charge in [-0.2, -0.15) is 0 Å². The molecule has 0 amide bonds. The minimum absolute atomic E-state index is 0.743. The summed E-state index contributed by atoms with van der Waals surface area (Å²) in [5.41, 5.74) is 5.10. The summed E-state index contributed by atoms with van der Waals surface area (Å²) in [5.74, 6) is 0.743. The van der Waals surface area contributed by atoms with Gasteiger partial charge in [-0.05, 0) is 50.1 Å². The Hall–Kier alpha value is -1.08. The van der Waals surface area contributed by atoms with Crippen LogP contribution in [0.15, 0.2) is 53.1 Å². The van der Waals surface area contributed by atoms with Crippen LogP contribution >= 0.6 is 0 Å². The summed E-state index contributed by atoms with van der Waals surface area (Å²) in [6.07, 6.45) is 8.07. The van der Waals surface area contributed by atoms with Gasteiger partial charge in [0.2, 0.25) is 0 Å². The van der Waals surface area contributed by atoms with Crippen LogP contribution in [-0.2, 0) is 0 Å². The van der Waals surface area contributed by atoms with Crippen molar-refractivity contribution in [1.82, 2.24) is 0 Å². The number of rotatable bonds is 3. The summed E-state index contributed by atoms with van der Waals surface area (Å²) in [7, 11) is -1.33. The van der Waals surface area contributed by atoms with Gasteiger partial charge in [-0.25, -0.2) is 0 Å². The van der Waals surface area contributed by atoms with E-state index in [0.29, 0.717) is 0 Å². The van der Waals surface area contributed by atoms with Crippen LogP contribution in [0.3, 0.4) is 0 Å². The molecule has 0 N–H and O–H groups in total. The molecule has 1 heteroatoms. The fraction of sp³-hybridized carbons (Fsp3) is 0.474. The molecule has 106 valence electrons. The molecule has 0 bridgehead atoms. The average Bonchev–Trinajstić information content (AvgIpc) is 2.76. The fourth-order valence-electron chi connectivity index (χ4n) is 4.03. The molecule has 0 saturated carbocycles. The van der Waals surface area contributed by atoms with Crippen LogP contribution in [0, 0.1) is 5.92 Å². The smallest absolute Gasteiger partial charge is 0.0744 e. The zero-order chi connectivity index (χ0) is 14.2. The second kappa shape index (κ2) is 5.36. The van der Waals surface area contributed by atoms with Gasteiger partial charge >= 0.3 is 0 Å². The van der Waals surface area contributed by atoms with Crippen molar-refractivity contribution < 1.29 is 0 Å². The third-order valence-corrected chi connectivity index (χ3v) is 8.53. The Morgan fingerprint density at radius 2 is 1.75 bits per heavy atom. The van der Waals surface area contributed by atoms with Crippen LogP contribution in [0.1, 0.15) is 32.6 Å². The fourth-order valence-corrected chi connectivity index (χ4v) is 6.82. The highest BCUT2D eigenvalue weighted by Crippen LogP contribution is 2.43. The minimum Gasteiger partial charge on any atom is -0.0744 e. The van der Waals surface area contributed by atoms with E-state index in [1.807, 2.05) is 0 Å². The van der Waals surface area contributed by atoms with E-state index in [1.54, 1.807) is 21.9 Å². The monoisotopic (exact) mass is 282 g/mol. The van der Waals surface area contributed by atoms with E-state index >= 15 is 0 Å². The van der Waals surface area contributed by atoms with Gasteiger partial charge in [0.25, 0.3) is 0 Å². The highest BCUT2D eigenvalue weighted by Gasteiger charge is 2.32. The Kier molecular flexibility index (Phi) is 3.72. The highest BCUT2D eigenvalue weighted by atomic mass is 28.3. The predicted octanol–water partition coefficient (Wildman–Crippen LogP) is 5.05. The van der Waals surface area contributed by atoms with Crippen molar-refractivity contribution in [3.05, 3.63) is 53.1 Å². The van der Waals surface area contributed by atoms with Crippen molar-refractivity contribution in [3.8, 4) is 0 Å². The minimum atomic E-state index is -1.33. The maximum atomic E-state index is 2.58.